The normalized spacial score (nSPS) is 12.0. The third-order valence-electron chi connectivity index (χ3n) is 2.75. The van der Waals surface area contributed by atoms with Crippen molar-refractivity contribution in [3.8, 4) is 11.5 Å². The number of amides is 2. The van der Waals surface area contributed by atoms with Crippen molar-refractivity contribution in [2.45, 2.75) is 19.9 Å². The van der Waals surface area contributed by atoms with E-state index in [4.69, 9.17) is 26.8 Å². The summed E-state index contributed by atoms with van der Waals surface area (Å²) in [6, 6.07) is 2.60. The number of benzene rings is 1. The van der Waals surface area contributed by atoms with E-state index in [0.717, 1.165) is 0 Å². The Bertz CT molecular complexity index is 587. The van der Waals surface area contributed by atoms with E-state index in [-0.39, 0.29) is 0 Å². The van der Waals surface area contributed by atoms with Crippen LogP contribution < -0.4 is 20.5 Å². The van der Waals surface area contributed by atoms with E-state index < -0.39 is 17.9 Å². The molecule has 0 bridgehead atoms. The minimum atomic E-state index is -0.740. The van der Waals surface area contributed by atoms with Crippen molar-refractivity contribution in [1.82, 2.24) is 5.32 Å². The Balaban J connectivity index is 2.89. The number of halogens is 1. The van der Waals surface area contributed by atoms with Crippen molar-refractivity contribution >= 4 is 29.5 Å². The van der Waals surface area contributed by atoms with Crippen LogP contribution in [0.15, 0.2) is 18.2 Å². The molecule has 0 aliphatic heterocycles. The van der Waals surface area contributed by atoms with E-state index in [0.29, 0.717) is 28.7 Å². The highest BCUT2D eigenvalue weighted by atomic mass is 35.5. The van der Waals surface area contributed by atoms with Gasteiger partial charge < -0.3 is 20.5 Å². The molecule has 120 valence electrons. The Morgan fingerprint density at radius 3 is 2.68 bits per heavy atom. The van der Waals surface area contributed by atoms with Gasteiger partial charge in [0.25, 0.3) is 0 Å². The predicted octanol–water partition coefficient (Wildman–Crippen LogP) is 1.75. The molecule has 0 heterocycles. The second-order valence-corrected chi connectivity index (χ2v) is 4.84. The summed E-state index contributed by atoms with van der Waals surface area (Å²) in [6.07, 6.45) is 2.83. The molecular weight excluding hydrogens is 308 g/mol. The van der Waals surface area contributed by atoms with Gasteiger partial charge >= 0.3 is 0 Å². The van der Waals surface area contributed by atoms with E-state index >= 15 is 0 Å². The molecule has 0 aliphatic rings. The number of rotatable bonds is 7. The zero-order valence-electron chi connectivity index (χ0n) is 12.7. The van der Waals surface area contributed by atoms with Gasteiger partial charge in [0, 0.05) is 6.08 Å². The standard InChI is InChI=1S/C15H19ClN2O4/c1-4-22-14-11(16)7-10(8-12(14)21-3)5-6-13(19)18-9(2)15(17)20/h5-9H,4H2,1-3H3,(H2,17,20)(H,18,19)/b6-5+. The molecule has 0 saturated heterocycles. The van der Waals surface area contributed by atoms with Gasteiger partial charge in [0.05, 0.1) is 18.7 Å². The van der Waals surface area contributed by atoms with E-state index in [9.17, 15) is 9.59 Å². The number of hydrogen-bond donors (Lipinski definition) is 2. The lowest BCUT2D eigenvalue weighted by Gasteiger charge is -2.12. The molecule has 0 fully saturated rings. The largest absolute Gasteiger partial charge is 0.493 e. The van der Waals surface area contributed by atoms with E-state index in [2.05, 4.69) is 5.32 Å². The number of methoxy groups -OCH3 is 1. The summed E-state index contributed by atoms with van der Waals surface area (Å²) in [6.45, 7) is 3.80. The minimum Gasteiger partial charge on any atom is -0.493 e. The molecule has 0 spiro atoms. The van der Waals surface area contributed by atoms with Crippen LogP contribution >= 0.6 is 11.6 Å². The fourth-order valence-electron chi connectivity index (χ4n) is 1.62. The number of primary amides is 1. The molecule has 0 aromatic heterocycles. The highest BCUT2D eigenvalue weighted by molar-refractivity contribution is 6.32. The van der Waals surface area contributed by atoms with Crippen molar-refractivity contribution in [2.24, 2.45) is 5.73 Å². The van der Waals surface area contributed by atoms with Gasteiger partial charge in [-0.2, -0.15) is 0 Å². The topological polar surface area (TPSA) is 90.6 Å². The molecule has 1 aromatic carbocycles. The van der Waals surface area contributed by atoms with E-state index in [1.165, 1.54) is 20.1 Å². The monoisotopic (exact) mass is 326 g/mol. The molecule has 1 unspecified atom stereocenters. The first-order valence-corrected chi connectivity index (χ1v) is 7.05. The van der Waals surface area contributed by atoms with Gasteiger partial charge in [-0.25, -0.2) is 0 Å². The first kappa shape index (κ1) is 17.8. The molecule has 22 heavy (non-hydrogen) atoms. The summed E-state index contributed by atoms with van der Waals surface area (Å²) in [7, 11) is 1.50. The smallest absolute Gasteiger partial charge is 0.244 e. The summed E-state index contributed by atoms with van der Waals surface area (Å²) in [4.78, 5) is 22.5. The van der Waals surface area contributed by atoms with Crippen molar-refractivity contribution in [3.05, 3.63) is 28.8 Å². The molecule has 1 rings (SSSR count). The van der Waals surface area contributed by atoms with Crippen molar-refractivity contribution in [3.63, 3.8) is 0 Å². The summed E-state index contributed by atoms with van der Waals surface area (Å²) >= 11 is 6.13. The fourth-order valence-corrected chi connectivity index (χ4v) is 1.90. The number of nitrogens with one attached hydrogen (secondary N) is 1. The number of ether oxygens (including phenoxy) is 2. The highest BCUT2D eigenvalue weighted by Gasteiger charge is 2.12. The molecule has 0 aliphatic carbocycles. The van der Waals surface area contributed by atoms with Crippen LogP contribution in [0.5, 0.6) is 11.5 Å². The lowest BCUT2D eigenvalue weighted by Crippen LogP contribution is -2.41. The second-order valence-electron chi connectivity index (χ2n) is 4.43. The molecule has 6 nitrogen and oxygen atoms in total. The van der Waals surface area contributed by atoms with Gasteiger partial charge in [0.2, 0.25) is 11.8 Å². The minimum absolute atomic E-state index is 0.381. The predicted molar refractivity (Wildman–Crippen MR) is 85.0 cm³/mol. The Morgan fingerprint density at radius 1 is 1.45 bits per heavy atom. The zero-order chi connectivity index (χ0) is 16.7. The van der Waals surface area contributed by atoms with Crippen LogP contribution in [-0.4, -0.2) is 31.6 Å². The van der Waals surface area contributed by atoms with Crippen molar-refractivity contribution < 1.29 is 19.1 Å². The maximum absolute atomic E-state index is 11.6. The molecule has 1 atom stereocenters. The molecule has 7 heteroatoms. The van der Waals surface area contributed by atoms with E-state index in [1.54, 1.807) is 18.2 Å². The SMILES string of the molecule is CCOc1c(Cl)cc(/C=C/C(=O)NC(C)C(N)=O)cc1OC. The van der Waals surface area contributed by atoms with Crippen LogP contribution in [0.4, 0.5) is 0 Å². The molecule has 3 N–H and O–H groups in total. The van der Waals surface area contributed by atoms with Gasteiger partial charge in [-0.1, -0.05) is 11.6 Å². The number of hydrogen-bond acceptors (Lipinski definition) is 4. The first-order valence-electron chi connectivity index (χ1n) is 6.67. The van der Waals surface area contributed by atoms with Gasteiger partial charge in [-0.15, -0.1) is 0 Å². The summed E-state index contributed by atoms with van der Waals surface area (Å²) in [5, 5.41) is 2.82. The van der Waals surface area contributed by atoms with Gasteiger partial charge in [-0.05, 0) is 37.6 Å². The van der Waals surface area contributed by atoms with Gasteiger partial charge in [0.1, 0.15) is 6.04 Å². The van der Waals surface area contributed by atoms with Crippen LogP contribution in [0.1, 0.15) is 19.4 Å². The quantitative estimate of drug-likeness (QED) is 0.747. The number of nitrogens with two attached hydrogens (primary N) is 1. The lowest BCUT2D eigenvalue weighted by molar-refractivity contribution is -0.124. The summed E-state index contributed by atoms with van der Waals surface area (Å²) in [5.41, 5.74) is 5.73. The summed E-state index contributed by atoms with van der Waals surface area (Å²) < 4.78 is 10.6. The third kappa shape index (κ3) is 4.96. The molecule has 0 saturated carbocycles. The molecule has 0 radical (unpaired) electrons. The number of carbonyl (C=O) groups excluding carboxylic acids is 2. The maximum atomic E-state index is 11.6. The Morgan fingerprint density at radius 2 is 2.14 bits per heavy atom. The lowest BCUT2D eigenvalue weighted by atomic mass is 10.2. The first-order chi connectivity index (χ1) is 10.4. The van der Waals surface area contributed by atoms with Crippen LogP contribution in [0.2, 0.25) is 5.02 Å². The third-order valence-corrected chi connectivity index (χ3v) is 3.03. The number of carbonyl (C=O) groups is 2. The Kier molecular flexibility index (Phi) is 6.72. The molecular formula is C15H19ClN2O4. The summed E-state index contributed by atoms with van der Waals surface area (Å²) in [5.74, 6) is -0.113. The van der Waals surface area contributed by atoms with Gasteiger partial charge in [-0.3, -0.25) is 9.59 Å². The highest BCUT2D eigenvalue weighted by Crippen LogP contribution is 2.36. The maximum Gasteiger partial charge on any atom is 0.244 e. The van der Waals surface area contributed by atoms with Crippen LogP contribution in [-0.2, 0) is 9.59 Å². The zero-order valence-corrected chi connectivity index (χ0v) is 13.4. The van der Waals surface area contributed by atoms with Crippen molar-refractivity contribution in [1.29, 1.82) is 0 Å². The van der Waals surface area contributed by atoms with E-state index in [1.807, 2.05) is 6.92 Å². The van der Waals surface area contributed by atoms with Crippen LogP contribution in [0, 0.1) is 0 Å². The Hall–Kier alpha value is -2.21. The Labute approximate surface area is 134 Å². The average Bonchev–Trinajstić information content (AvgIpc) is 2.47. The molecule has 2 amide bonds. The fraction of sp³-hybridized carbons (Fsp3) is 0.333. The van der Waals surface area contributed by atoms with Gasteiger partial charge in [0.15, 0.2) is 11.5 Å². The van der Waals surface area contributed by atoms with Crippen LogP contribution in [0.3, 0.4) is 0 Å². The van der Waals surface area contributed by atoms with Crippen LogP contribution in [0.25, 0.3) is 6.08 Å². The average molecular weight is 327 g/mol. The second kappa shape index (κ2) is 8.29. The molecule has 1 aromatic rings. The van der Waals surface area contributed by atoms with Crippen molar-refractivity contribution in [2.75, 3.05) is 13.7 Å².